The van der Waals surface area contributed by atoms with Crippen molar-refractivity contribution in [1.29, 1.82) is 0 Å². The van der Waals surface area contributed by atoms with E-state index in [1.165, 1.54) is 38.4 Å². The van der Waals surface area contributed by atoms with Gasteiger partial charge < -0.3 is 10.2 Å². The summed E-state index contributed by atoms with van der Waals surface area (Å²) in [5, 5.41) is 29.5. The summed E-state index contributed by atoms with van der Waals surface area (Å²) in [6, 6.07) is 104. The van der Waals surface area contributed by atoms with E-state index < -0.39 is 0 Å². The molecule has 0 aliphatic rings. The van der Waals surface area contributed by atoms with Crippen LogP contribution in [0.25, 0.3) is 130 Å². The first-order valence-corrected chi connectivity index (χ1v) is 38.6. The first-order valence-electron chi connectivity index (χ1n) is 37.0. The van der Waals surface area contributed by atoms with E-state index >= 15 is 0 Å². The first-order chi connectivity index (χ1) is 51.9. The second-order valence-electron chi connectivity index (χ2n) is 32.1. The third-order valence-electron chi connectivity index (χ3n) is 20.2. The maximum absolute atomic E-state index is 11.5. The topological polar surface area (TPSA) is 91.0 Å². The number of hydrogen-bond acceptors (Lipinski definition) is 8. The summed E-state index contributed by atoms with van der Waals surface area (Å²) in [6.45, 7) is 26.0. The summed E-state index contributed by atoms with van der Waals surface area (Å²) in [5.41, 5.74) is 24.0. The number of hydrogen-bond donors (Lipinski definition) is 2. The van der Waals surface area contributed by atoms with Crippen LogP contribution in [0.15, 0.2) is 295 Å². The van der Waals surface area contributed by atoms with Crippen LogP contribution < -0.4 is 0 Å². The number of aromatic hydroxyl groups is 2. The second-order valence-corrected chi connectivity index (χ2v) is 34.2. The van der Waals surface area contributed by atoms with Crippen molar-refractivity contribution in [3.05, 3.63) is 325 Å². The van der Waals surface area contributed by atoms with E-state index in [0.29, 0.717) is 11.1 Å². The zero-order chi connectivity index (χ0) is 75.2. The number of benzene rings is 14. The van der Waals surface area contributed by atoms with Gasteiger partial charge in [-0.1, -0.05) is 295 Å². The van der Waals surface area contributed by atoms with E-state index in [-0.39, 0.29) is 54.2 Å². The Hall–Kier alpha value is -11.0. The van der Waals surface area contributed by atoms with Gasteiger partial charge >= 0.3 is 0 Å². The molecular formula is C100H87N4O2PtS2-. The molecule has 16 rings (SSSR count). The van der Waals surface area contributed by atoms with Crippen molar-refractivity contribution in [2.45, 2.75) is 105 Å². The fourth-order valence-electron chi connectivity index (χ4n) is 14.2. The Balaban J connectivity index is 0.000000180. The van der Waals surface area contributed by atoms with Crippen LogP contribution in [0.4, 0.5) is 11.4 Å². The molecule has 0 fully saturated rings. The Kier molecular flexibility index (Phi) is 21.0. The third-order valence-corrected chi connectivity index (χ3v) is 22.3. The minimum Gasteiger partial charge on any atom is -0.507 e. The average Bonchev–Trinajstić information content (AvgIpc) is 1.59. The van der Waals surface area contributed by atoms with Crippen molar-refractivity contribution < 1.29 is 31.3 Å². The number of aliphatic imine (C=N–C) groups is 2. The Morgan fingerprint density at radius 1 is 0.330 bits per heavy atom. The summed E-state index contributed by atoms with van der Waals surface area (Å²) in [6.07, 6.45) is 3.62. The molecule has 6 nitrogen and oxygen atoms in total. The van der Waals surface area contributed by atoms with Gasteiger partial charge in [-0.25, -0.2) is 9.97 Å². The summed E-state index contributed by atoms with van der Waals surface area (Å²) in [7, 11) is 0. The molecule has 0 atom stereocenters. The van der Waals surface area contributed by atoms with Gasteiger partial charge in [0.1, 0.15) is 21.5 Å². The number of phenolic OH excluding ortho intramolecular Hbond substituents is 2. The number of thiazole rings is 2. The molecule has 2 aromatic heterocycles. The maximum atomic E-state index is 11.5. The largest absolute Gasteiger partial charge is 0.507 e. The van der Waals surface area contributed by atoms with Gasteiger partial charge in [0.05, 0.1) is 21.6 Å². The third kappa shape index (κ3) is 15.9. The molecule has 0 saturated carbocycles. The van der Waals surface area contributed by atoms with E-state index in [2.05, 4.69) is 332 Å². The van der Waals surface area contributed by atoms with Crippen LogP contribution in [0.1, 0.15) is 116 Å². The number of nitrogens with zero attached hydrogens (tertiary/aromatic N) is 4. The van der Waals surface area contributed by atoms with Crippen LogP contribution in [0.5, 0.6) is 11.5 Å². The Labute approximate surface area is 663 Å². The fraction of sp³-hybridized carbons (Fsp3) is 0.160. The zero-order valence-corrected chi connectivity index (χ0v) is 67.5. The molecule has 0 spiro atoms. The zero-order valence-electron chi connectivity index (χ0n) is 63.6. The predicted octanol–water partition coefficient (Wildman–Crippen LogP) is 28.1. The summed E-state index contributed by atoms with van der Waals surface area (Å²) in [5.74, 6) is 0.553. The van der Waals surface area contributed by atoms with Gasteiger partial charge in [-0.3, -0.25) is 9.98 Å². The maximum Gasteiger partial charge on any atom is 0.128 e. The van der Waals surface area contributed by atoms with Crippen molar-refractivity contribution in [2.24, 2.45) is 9.98 Å². The van der Waals surface area contributed by atoms with Gasteiger partial charge in [0.15, 0.2) is 0 Å². The average molecular weight is 1640 g/mol. The van der Waals surface area contributed by atoms with Crippen LogP contribution in [0.3, 0.4) is 0 Å². The van der Waals surface area contributed by atoms with Crippen LogP contribution in [-0.4, -0.2) is 32.6 Å². The van der Waals surface area contributed by atoms with Crippen LogP contribution >= 0.6 is 22.7 Å². The van der Waals surface area contributed by atoms with Crippen LogP contribution in [-0.2, 0) is 42.7 Å². The fourth-order valence-corrected chi connectivity index (χ4v) is 16.3. The van der Waals surface area contributed by atoms with Gasteiger partial charge in [-0.15, -0.1) is 57.2 Å². The smallest absolute Gasteiger partial charge is 0.128 e. The van der Waals surface area contributed by atoms with Gasteiger partial charge in [-0.2, -0.15) is 0 Å². The number of rotatable bonds is 12. The number of aromatic nitrogens is 2. The van der Waals surface area contributed by atoms with E-state index in [1.54, 1.807) is 28.9 Å². The molecule has 0 aliphatic heterocycles. The van der Waals surface area contributed by atoms with Crippen molar-refractivity contribution in [2.75, 3.05) is 0 Å². The molecular weight excluding hydrogens is 1550 g/mol. The van der Waals surface area contributed by atoms with Gasteiger partial charge in [0.25, 0.3) is 0 Å². The standard InChI is InChI=1S/C50H44N2OS.C50H43N2OS.Pt/c2*1-49(2,3)38-27-37(47(53)43(30-38)50(4,5)6)31-51-44-25-13-12-23-41(44)48-52-46-42(40-24-15-19-33-18-10-11-22-39(33)40)28-36(29-45(46)54-48)35-21-14-20-34(26-35)32-16-8-7-9-17-32;/h7-31,53H,1-6H3;7-23,25-31,53H,1-6H3;/q;-1;. The number of para-hydroxylation sites is 2. The Morgan fingerprint density at radius 2 is 0.706 bits per heavy atom. The number of phenols is 2. The SMILES string of the molecule is CC(C)(C)c1cc(C=Nc2ccccc2-c2nc3c(-c4[c-]ccc5ccccc45)cc(-c4cccc(-c5ccccc5)c4)cc3s2)c(O)c(C(C)(C)C)c1.CC(C)(C)c1cc(C=Nc2ccccc2-c2nc3c(-c4cccc5ccccc45)cc(-c4cccc(-c5ccccc5)c4)cc3s2)c(O)c(C(C)(C)C)c1.[Pt]. The summed E-state index contributed by atoms with van der Waals surface area (Å²) in [4.78, 5) is 20.8. The molecule has 109 heavy (non-hydrogen) atoms. The molecule has 0 saturated heterocycles. The molecule has 14 aromatic carbocycles. The van der Waals surface area contributed by atoms with Crippen molar-refractivity contribution in [1.82, 2.24) is 9.97 Å². The molecule has 0 radical (unpaired) electrons. The van der Waals surface area contributed by atoms with Crippen LogP contribution in [0.2, 0.25) is 0 Å². The minimum atomic E-state index is -0.228. The van der Waals surface area contributed by atoms with Gasteiger partial charge in [0, 0.05) is 82.7 Å². The molecule has 0 unspecified atom stereocenters. The molecule has 0 amide bonds. The Bertz CT molecular complexity index is 5750. The number of fused-ring (bicyclic) bond motifs is 4. The summed E-state index contributed by atoms with van der Waals surface area (Å²) < 4.78 is 2.20. The van der Waals surface area contributed by atoms with Crippen molar-refractivity contribution in [3.63, 3.8) is 0 Å². The molecule has 542 valence electrons. The first kappa shape index (κ1) is 74.8. The van der Waals surface area contributed by atoms with Crippen molar-refractivity contribution >= 4 is 88.5 Å². The van der Waals surface area contributed by atoms with E-state index in [0.717, 1.165) is 125 Å². The van der Waals surface area contributed by atoms with Gasteiger partial charge in [-0.05, 0) is 160 Å². The molecule has 0 aliphatic carbocycles. The predicted molar refractivity (Wildman–Crippen MR) is 462 cm³/mol. The molecule has 9 heteroatoms. The van der Waals surface area contributed by atoms with E-state index in [9.17, 15) is 10.2 Å². The monoisotopic (exact) mass is 1630 g/mol. The molecule has 2 heterocycles. The minimum absolute atomic E-state index is 0. The summed E-state index contributed by atoms with van der Waals surface area (Å²) >= 11 is 3.37. The van der Waals surface area contributed by atoms with Gasteiger partial charge in [0.2, 0.25) is 0 Å². The molecule has 2 N–H and O–H groups in total. The Morgan fingerprint density at radius 3 is 1.18 bits per heavy atom. The van der Waals surface area contributed by atoms with Crippen LogP contribution in [0, 0.1) is 6.07 Å². The second kappa shape index (κ2) is 30.6. The van der Waals surface area contributed by atoms with E-state index in [1.807, 2.05) is 48.7 Å². The molecule has 16 aromatic rings. The van der Waals surface area contributed by atoms with Crippen molar-refractivity contribution in [3.8, 4) is 99.4 Å². The normalized spacial score (nSPS) is 12.1. The van der Waals surface area contributed by atoms with E-state index in [4.69, 9.17) is 20.0 Å². The quantitative estimate of drug-likeness (QED) is 0.0942. The molecule has 0 bridgehead atoms.